The van der Waals surface area contributed by atoms with E-state index in [2.05, 4.69) is 30.3 Å². The molecule has 4 nitrogen and oxygen atoms in total. The van der Waals surface area contributed by atoms with Crippen molar-refractivity contribution >= 4 is 8.80 Å². The van der Waals surface area contributed by atoms with Gasteiger partial charge in [-0.05, 0) is 64.4 Å². The fourth-order valence-electron chi connectivity index (χ4n) is 3.83. The largest absolute Gasteiger partial charge is 0.501 e. The van der Waals surface area contributed by atoms with Crippen molar-refractivity contribution in [1.29, 1.82) is 0 Å². The standard InChI is InChI=1S/C21H36O4Si/c1-4-23-26(24-5-2,25-6-3)18-10-17-22-21-15-13-20(14-16-21)19-11-8-7-9-12-19/h7-9,11-12,20-21H,4-6,10,13-18H2,1-3H3. The van der Waals surface area contributed by atoms with Crippen molar-refractivity contribution in [2.75, 3.05) is 26.4 Å². The highest BCUT2D eigenvalue weighted by molar-refractivity contribution is 6.60. The molecule has 1 aromatic rings. The molecule has 5 heteroatoms. The second-order valence-corrected chi connectivity index (χ2v) is 9.57. The first-order chi connectivity index (χ1) is 12.7. The van der Waals surface area contributed by atoms with Gasteiger partial charge in [-0.25, -0.2) is 0 Å². The summed E-state index contributed by atoms with van der Waals surface area (Å²) in [6.07, 6.45) is 6.10. The fraction of sp³-hybridized carbons (Fsp3) is 0.714. The molecule has 0 unspecified atom stereocenters. The Bertz CT molecular complexity index is 457. The first-order valence-electron chi connectivity index (χ1n) is 10.3. The van der Waals surface area contributed by atoms with Gasteiger partial charge in [-0.3, -0.25) is 0 Å². The summed E-state index contributed by atoms with van der Waals surface area (Å²) in [7, 11) is -2.52. The summed E-state index contributed by atoms with van der Waals surface area (Å²) in [5.74, 6) is 0.699. The number of hydrogen-bond donors (Lipinski definition) is 0. The molecule has 0 N–H and O–H groups in total. The minimum absolute atomic E-state index is 0.400. The lowest BCUT2D eigenvalue weighted by molar-refractivity contribution is 0.0202. The molecule has 0 aliphatic heterocycles. The minimum Gasteiger partial charge on any atom is -0.378 e. The summed E-state index contributed by atoms with van der Waals surface area (Å²) in [4.78, 5) is 0. The van der Waals surface area contributed by atoms with Crippen LogP contribution in [0.2, 0.25) is 6.04 Å². The summed E-state index contributed by atoms with van der Waals surface area (Å²) in [6, 6.07) is 11.7. The van der Waals surface area contributed by atoms with E-state index in [0.717, 1.165) is 31.9 Å². The predicted molar refractivity (Wildman–Crippen MR) is 107 cm³/mol. The van der Waals surface area contributed by atoms with Crippen LogP contribution in [-0.4, -0.2) is 41.3 Å². The Morgan fingerprint density at radius 3 is 1.96 bits per heavy atom. The van der Waals surface area contributed by atoms with Gasteiger partial charge in [0.2, 0.25) is 0 Å². The highest BCUT2D eigenvalue weighted by atomic mass is 28.4. The van der Waals surface area contributed by atoms with Crippen LogP contribution in [0.3, 0.4) is 0 Å². The van der Waals surface area contributed by atoms with Gasteiger partial charge in [0, 0.05) is 32.5 Å². The molecule has 0 bridgehead atoms. The number of rotatable bonds is 12. The van der Waals surface area contributed by atoms with Crippen LogP contribution in [0.5, 0.6) is 0 Å². The lowest BCUT2D eigenvalue weighted by atomic mass is 9.83. The third kappa shape index (κ3) is 6.78. The Morgan fingerprint density at radius 2 is 1.42 bits per heavy atom. The monoisotopic (exact) mass is 380 g/mol. The highest BCUT2D eigenvalue weighted by Crippen LogP contribution is 2.34. The van der Waals surface area contributed by atoms with Crippen LogP contribution >= 0.6 is 0 Å². The molecule has 1 aliphatic carbocycles. The smallest absolute Gasteiger partial charge is 0.378 e. The molecule has 2 rings (SSSR count). The average molecular weight is 381 g/mol. The van der Waals surface area contributed by atoms with Crippen LogP contribution < -0.4 is 0 Å². The maximum atomic E-state index is 6.15. The Morgan fingerprint density at radius 1 is 0.846 bits per heavy atom. The van der Waals surface area contributed by atoms with Crippen molar-refractivity contribution in [2.24, 2.45) is 0 Å². The van der Waals surface area contributed by atoms with E-state index in [1.807, 2.05) is 20.8 Å². The van der Waals surface area contributed by atoms with E-state index in [0.29, 0.717) is 31.8 Å². The first-order valence-corrected chi connectivity index (χ1v) is 12.2. The van der Waals surface area contributed by atoms with Crippen LogP contribution in [0.25, 0.3) is 0 Å². The van der Waals surface area contributed by atoms with E-state index >= 15 is 0 Å². The quantitative estimate of drug-likeness (QED) is 0.370. The zero-order chi connectivity index (χ0) is 18.7. The highest BCUT2D eigenvalue weighted by Gasteiger charge is 2.39. The Labute approximate surface area is 160 Å². The Hall–Kier alpha value is -0.723. The van der Waals surface area contributed by atoms with Crippen molar-refractivity contribution < 1.29 is 18.0 Å². The third-order valence-electron chi connectivity index (χ3n) is 5.02. The Balaban J connectivity index is 1.69. The van der Waals surface area contributed by atoms with Gasteiger partial charge in [0.1, 0.15) is 0 Å². The SMILES string of the molecule is CCO[Si](CCCOC1CCC(c2ccccc2)CC1)(OCC)OCC. The van der Waals surface area contributed by atoms with Gasteiger partial charge in [-0.2, -0.15) is 0 Å². The molecule has 0 amide bonds. The van der Waals surface area contributed by atoms with Gasteiger partial charge in [0.05, 0.1) is 6.10 Å². The van der Waals surface area contributed by atoms with Gasteiger partial charge in [-0.1, -0.05) is 30.3 Å². The fourth-order valence-corrected chi connectivity index (χ4v) is 6.41. The van der Waals surface area contributed by atoms with Crippen molar-refractivity contribution in [3.63, 3.8) is 0 Å². The summed E-state index contributed by atoms with van der Waals surface area (Å²) in [5, 5.41) is 0. The molecule has 0 spiro atoms. The topological polar surface area (TPSA) is 36.9 Å². The molecule has 0 aromatic heterocycles. The van der Waals surface area contributed by atoms with Gasteiger partial charge in [0.15, 0.2) is 0 Å². The predicted octanol–water partition coefficient (Wildman–Crippen LogP) is 5.17. The van der Waals surface area contributed by atoms with E-state index in [1.54, 1.807) is 0 Å². The molecular weight excluding hydrogens is 344 g/mol. The molecule has 1 fully saturated rings. The van der Waals surface area contributed by atoms with E-state index in [4.69, 9.17) is 18.0 Å². The minimum atomic E-state index is -2.52. The summed E-state index contributed by atoms with van der Waals surface area (Å²) < 4.78 is 23.9. The summed E-state index contributed by atoms with van der Waals surface area (Å²) >= 11 is 0. The average Bonchev–Trinajstić information content (AvgIpc) is 2.67. The number of hydrogen-bond acceptors (Lipinski definition) is 4. The van der Waals surface area contributed by atoms with Crippen molar-refractivity contribution in [1.82, 2.24) is 0 Å². The van der Waals surface area contributed by atoms with Crippen LogP contribution in [-0.2, 0) is 18.0 Å². The summed E-state index contributed by atoms with van der Waals surface area (Å²) in [6.45, 7) is 8.68. The molecule has 0 atom stereocenters. The van der Waals surface area contributed by atoms with Crippen LogP contribution in [0.1, 0.15) is 64.4 Å². The maximum Gasteiger partial charge on any atom is 0.501 e. The van der Waals surface area contributed by atoms with Gasteiger partial charge < -0.3 is 18.0 Å². The van der Waals surface area contributed by atoms with E-state index in [9.17, 15) is 0 Å². The lowest BCUT2D eigenvalue weighted by Crippen LogP contribution is -2.46. The lowest BCUT2D eigenvalue weighted by Gasteiger charge is -2.30. The number of ether oxygens (including phenoxy) is 1. The van der Waals surface area contributed by atoms with Crippen LogP contribution in [0.15, 0.2) is 30.3 Å². The molecule has 26 heavy (non-hydrogen) atoms. The molecule has 1 saturated carbocycles. The van der Waals surface area contributed by atoms with Crippen molar-refractivity contribution in [2.45, 2.75) is 70.9 Å². The zero-order valence-corrected chi connectivity index (χ0v) is 17.7. The van der Waals surface area contributed by atoms with Gasteiger partial charge >= 0.3 is 8.80 Å². The molecule has 0 saturated heterocycles. The zero-order valence-electron chi connectivity index (χ0n) is 16.7. The molecule has 0 heterocycles. The molecule has 148 valence electrons. The van der Waals surface area contributed by atoms with E-state index in [-0.39, 0.29) is 0 Å². The molecule has 1 aromatic carbocycles. The first kappa shape index (κ1) is 21.6. The van der Waals surface area contributed by atoms with E-state index in [1.165, 1.54) is 18.4 Å². The van der Waals surface area contributed by atoms with Crippen molar-refractivity contribution in [3.05, 3.63) is 35.9 Å². The number of benzene rings is 1. The second-order valence-electron chi connectivity index (χ2n) is 6.84. The molecule has 1 aliphatic rings. The van der Waals surface area contributed by atoms with Gasteiger partial charge in [0.25, 0.3) is 0 Å². The maximum absolute atomic E-state index is 6.15. The van der Waals surface area contributed by atoms with E-state index < -0.39 is 8.80 Å². The molecular formula is C21H36O4Si. The third-order valence-corrected chi connectivity index (χ3v) is 8.17. The molecule has 0 radical (unpaired) electrons. The van der Waals surface area contributed by atoms with Gasteiger partial charge in [-0.15, -0.1) is 0 Å². The van der Waals surface area contributed by atoms with Crippen LogP contribution in [0.4, 0.5) is 0 Å². The van der Waals surface area contributed by atoms with Crippen LogP contribution in [0, 0.1) is 0 Å². The Kier molecular flexibility index (Phi) is 9.86. The normalized spacial score (nSPS) is 21.0. The van der Waals surface area contributed by atoms with Crippen molar-refractivity contribution in [3.8, 4) is 0 Å². The summed E-state index contributed by atoms with van der Waals surface area (Å²) in [5.41, 5.74) is 1.48. The second kappa shape index (κ2) is 11.9.